The average Bonchev–Trinajstić information content (AvgIpc) is 3.71. The van der Waals surface area contributed by atoms with Crippen LogP contribution in [0.3, 0.4) is 0 Å². The lowest BCUT2D eigenvalue weighted by Gasteiger charge is -2.12. The quantitative estimate of drug-likeness (QED) is 0.200. The van der Waals surface area contributed by atoms with E-state index < -0.39 is 0 Å². The number of rotatable bonds is 10. The number of anilines is 7. The highest BCUT2D eigenvalue weighted by atomic mass is 15.3. The molecule has 36 heavy (non-hydrogen) atoms. The molecule has 0 spiro atoms. The summed E-state index contributed by atoms with van der Waals surface area (Å²) in [7, 11) is 0. The van der Waals surface area contributed by atoms with Gasteiger partial charge in [0.2, 0.25) is 0 Å². The zero-order valence-electron chi connectivity index (χ0n) is 21.5. The first-order valence-electron chi connectivity index (χ1n) is 13.1. The molecule has 184 valence electrons. The second-order valence-electron chi connectivity index (χ2n) is 9.72. The van der Waals surface area contributed by atoms with Gasteiger partial charge in [-0.1, -0.05) is 32.9 Å². The van der Waals surface area contributed by atoms with Crippen LogP contribution in [0.4, 0.5) is 39.8 Å². The molecule has 1 aliphatic rings. The molecule has 0 saturated carbocycles. The zero-order chi connectivity index (χ0) is 24.9. The van der Waals surface area contributed by atoms with Crippen LogP contribution in [0.2, 0.25) is 0 Å². The molecule has 0 aliphatic carbocycles. The summed E-state index contributed by atoms with van der Waals surface area (Å²) < 4.78 is 0. The predicted molar refractivity (Wildman–Crippen MR) is 156 cm³/mol. The van der Waals surface area contributed by atoms with E-state index in [4.69, 9.17) is 0 Å². The smallest absolute Gasteiger partial charge is 0.0463 e. The van der Waals surface area contributed by atoms with E-state index >= 15 is 0 Å². The average molecular weight is 477 g/mol. The molecule has 5 rings (SSSR count). The lowest BCUT2D eigenvalue weighted by molar-refractivity contribution is 0.734. The number of hydrogen-bond donors (Lipinski definition) is 3. The third-order valence-electron chi connectivity index (χ3n) is 7.11. The summed E-state index contributed by atoms with van der Waals surface area (Å²) in [6, 6.07) is 35.0. The van der Waals surface area contributed by atoms with Gasteiger partial charge in [0.05, 0.1) is 0 Å². The fourth-order valence-corrected chi connectivity index (χ4v) is 4.49. The van der Waals surface area contributed by atoms with E-state index in [2.05, 4.69) is 139 Å². The van der Waals surface area contributed by atoms with Crippen LogP contribution in [0, 0.1) is 0 Å². The van der Waals surface area contributed by atoms with Crippen LogP contribution < -0.4 is 20.9 Å². The van der Waals surface area contributed by atoms with Crippen molar-refractivity contribution in [3.8, 4) is 0 Å². The monoisotopic (exact) mass is 476 g/mol. The molecule has 1 heterocycles. The molecule has 3 N–H and O–H groups in total. The van der Waals surface area contributed by atoms with Crippen molar-refractivity contribution < 1.29 is 0 Å². The zero-order valence-corrected chi connectivity index (χ0v) is 21.5. The molecule has 1 saturated heterocycles. The molecular weight excluding hydrogens is 440 g/mol. The van der Waals surface area contributed by atoms with Gasteiger partial charge in [-0.2, -0.15) is 0 Å². The third-order valence-corrected chi connectivity index (χ3v) is 7.11. The summed E-state index contributed by atoms with van der Waals surface area (Å²) in [5.41, 5.74) is 9.18. The van der Waals surface area contributed by atoms with E-state index in [0.717, 1.165) is 46.6 Å². The van der Waals surface area contributed by atoms with Gasteiger partial charge in [0.1, 0.15) is 0 Å². The second-order valence-corrected chi connectivity index (χ2v) is 9.72. The first-order chi connectivity index (χ1) is 17.6. The number of benzene rings is 4. The molecule has 0 aromatic heterocycles. The highest BCUT2D eigenvalue weighted by Gasteiger charge is 2.31. The summed E-state index contributed by atoms with van der Waals surface area (Å²) in [5, 5.41) is 10.5. The Labute approximate surface area is 215 Å². The SMILES string of the molecule is CCC(C)c1ccc(Nc2ccc(Nc3ccc(Nc4ccc(N5CC5CC)cc4)cc3)cc2)cc1. The lowest BCUT2D eigenvalue weighted by atomic mass is 9.99. The van der Waals surface area contributed by atoms with E-state index in [1.165, 1.54) is 24.2 Å². The maximum Gasteiger partial charge on any atom is 0.0463 e. The third kappa shape index (κ3) is 5.83. The molecule has 2 atom stereocenters. The van der Waals surface area contributed by atoms with Crippen molar-refractivity contribution in [1.29, 1.82) is 0 Å². The van der Waals surface area contributed by atoms with Gasteiger partial charge in [-0.3, -0.25) is 0 Å². The van der Waals surface area contributed by atoms with Crippen LogP contribution in [0.5, 0.6) is 0 Å². The molecule has 1 fully saturated rings. The summed E-state index contributed by atoms with van der Waals surface area (Å²) in [4.78, 5) is 2.44. The first-order valence-corrected chi connectivity index (χ1v) is 13.1. The fourth-order valence-electron chi connectivity index (χ4n) is 4.49. The van der Waals surface area contributed by atoms with Gasteiger partial charge >= 0.3 is 0 Å². The standard InChI is InChI=1S/C32H36N4/c1-4-23(3)24-6-8-25(9-7-24)33-26-10-12-27(13-11-26)34-28-14-16-29(17-15-28)35-30-18-20-32(21-19-30)36-22-31(36)5-2/h6-21,23,31,33-35H,4-5,22H2,1-3H3. The maximum atomic E-state index is 3.50. The number of nitrogens with one attached hydrogen (secondary N) is 3. The van der Waals surface area contributed by atoms with Gasteiger partial charge in [-0.25, -0.2) is 0 Å². The van der Waals surface area contributed by atoms with Gasteiger partial charge < -0.3 is 20.9 Å². The van der Waals surface area contributed by atoms with Crippen molar-refractivity contribution in [3.63, 3.8) is 0 Å². The number of hydrogen-bond acceptors (Lipinski definition) is 4. The Balaban J connectivity index is 1.13. The Morgan fingerprint density at radius 1 is 0.611 bits per heavy atom. The number of nitrogens with zero attached hydrogens (tertiary/aromatic N) is 1. The Morgan fingerprint density at radius 2 is 0.972 bits per heavy atom. The Kier molecular flexibility index (Phi) is 7.13. The van der Waals surface area contributed by atoms with E-state index in [9.17, 15) is 0 Å². The van der Waals surface area contributed by atoms with E-state index in [-0.39, 0.29) is 0 Å². The topological polar surface area (TPSA) is 39.1 Å². The lowest BCUT2D eigenvalue weighted by Crippen LogP contribution is -1.98. The van der Waals surface area contributed by atoms with E-state index in [1.54, 1.807) is 0 Å². The normalized spacial score (nSPS) is 15.3. The minimum atomic E-state index is 0.597. The maximum absolute atomic E-state index is 3.50. The van der Waals surface area contributed by atoms with Crippen molar-refractivity contribution in [2.24, 2.45) is 0 Å². The van der Waals surface area contributed by atoms with Gasteiger partial charge in [-0.15, -0.1) is 0 Å². The van der Waals surface area contributed by atoms with E-state index in [1.807, 2.05) is 0 Å². The molecule has 4 heteroatoms. The van der Waals surface area contributed by atoms with Gasteiger partial charge in [-0.05, 0) is 109 Å². The molecule has 0 radical (unpaired) electrons. The van der Waals surface area contributed by atoms with E-state index in [0.29, 0.717) is 5.92 Å². The predicted octanol–water partition coefficient (Wildman–Crippen LogP) is 9.03. The minimum Gasteiger partial charge on any atom is -0.365 e. The summed E-state index contributed by atoms with van der Waals surface area (Å²) in [6.45, 7) is 7.93. The molecule has 1 aliphatic heterocycles. The first kappa shape index (κ1) is 23.8. The van der Waals surface area contributed by atoms with Gasteiger partial charge in [0, 0.05) is 52.4 Å². The highest BCUT2D eigenvalue weighted by Crippen LogP contribution is 2.31. The summed E-state index contributed by atoms with van der Waals surface area (Å²) >= 11 is 0. The molecule has 2 unspecified atom stereocenters. The highest BCUT2D eigenvalue weighted by molar-refractivity contribution is 5.69. The molecule has 0 amide bonds. The van der Waals surface area contributed by atoms with Crippen LogP contribution >= 0.6 is 0 Å². The Hall–Kier alpha value is -3.92. The second kappa shape index (κ2) is 10.8. The Morgan fingerprint density at radius 3 is 1.31 bits per heavy atom. The minimum absolute atomic E-state index is 0.597. The summed E-state index contributed by atoms with van der Waals surface area (Å²) in [6.07, 6.45) is 2.38. The van der Waals surface area contributed by atoms with Crippen LogP contribution in [-0.4, -0.2) is 12.6 Å². The molecule has 4 nitrogen and oxygen atoms in total. The van der Waals surface area contributed by atoms with Crippen molar-refractivity contribution in [3.05, 3.63) is 103 Å². The molecule has 4 aromatic rings. The largest absolute Gasteiger partial charge is 0.365 e. The fraction of sp³-hybridized carbons (Fsp3) is 0.250. The molecular formula is C32H36N4. The van der Waals surface area contributed by atoms with Gasteiger partial charge in [0.25, 0.3) is 0 Å². The van der Waals surface area contributed by atoms with Crippen LogP contribution in [-0.2, 0) is 0 Å². The van der Waals surface area contributed by atoms with Crippen molar-refractivity contribution in [2.75, 3.05) is 27.4 Å². The molecule has 4 aromatic carbocycles. The van der Waals surface area contributed by atoms with Crippen molar-refractivity contribution in [2.45, 2.75) is 45.6 Å². The summed E-state index contributed by atoms with van der Waals surface area (Å²) in [5.74, 6) is 0.597. The van der Waals surface area contributed by atoms with Crippen molar-refractivity contribution >= 4 is 39.8 Å². The van der Waals surface area contributed by atoms with Crippen LogP contribution in [0.1, 0.15) is 45.1 Å². The van der Waals surface area contributed by atoms with Crippen LogP contribution in [0.15, 0.2) is 97.1 Å². The van der Waals surface area contributed by atoms with Gasteiger partial charge in [0.15, 0.2) is 0 Å². The molecule has 0 bridgehead atoms. The van der Waals surface area contributed by atoms with Crippen molar-refractivity contribution in [1.82, 2.24) is 0 Å². The van der Waals surface area contributed by atoms with Crippen LogP contribution in [0.25, 0.3) is 0 Å². The Bertz CT molecular complexity index is 1250.